The first-order valence-electron chi connectivity index (χ1n) is 8.14. The molecule has 0 radical (unpaired) electrons. The molecule has 0 unspecified atom stereocenters. The van der Waals surface area contributed by atoms with Gasteiger partial charge in [-0.25, -0.2) is 4.98 Å². The molecular formula is C17H20N4O3. The van der Waals surface area contributed by atoms with Crippen molar-refractivity contribution >= 4 is 16.9 Å². The van der Waals surface area contributed by atoms with Crippen molar-refractivity contribution < 1.29 is 9.53 Å². The number of carbonyl (C=O) groups excluding carboxylic acids is 1. The zero-order chi connectivity index (χ0) is 16.8. The molecule has 1 aromatic heterocycles. The van der Waals surface area contributed by atoms with Gasteiger partial charge in [-0.15, -0.1) is 0 Å². The van der Waals surface area contributed by atoms with Crippen molar-refractivity contribution in [1.29, 1.82) is 0 Å². The fourth-order valence-electron chi connectivity index (χ4n) is 3.89. The maximum atomic E-state index is 12.6. The smallest absolute Gasteiger partial charge is 0.280 e. The summed E-state index contributed by atoms with van der Waals surface area (Å²) in [5, 5.41) is 3.00. The molecule has 24 heavy (non-hydrogen) atoms. The molecule has 7 heteroatoms. The van der Waals surface area contributed by atoms with Crippen LogP contribution in [0.4, 0.5) is 0 Å². The quantitative estimate of drug-likeness (QED) is 0.850. The fourth-order valence-corrected chi connectivity index (χ4v) is 3.89. The number of fused-ring (bicyclic) bond motifs is 2. The lowest BCUT2D eigenvalue weighted by molar-refractivity contribution is -0.0664. The second-order valence-corrected chi connectivity index (χ2v) is 6.67. The van der Waals surface area contributed by atoms with Gasteiger partial charge in [-0.3, -0.25) is 9.59 Å². The second-order valence-electron chi connectivity index (χ2n) is 6.67. The van der Waals surface area contributed by atoms with Crippen molar-refractivity contribution in [2.45, 2.75) is 24.6 Å². The maximum Gasteiger partial charge on any atom is 0.280 e. The van der Waals surface area contributed by atoms with Crippen LogP contribution in [0.1, 0.15) is 16.9 Å². The largest absolute Gasteiger partial charge is 0.376 e. The number of rotatable bonds is 3. The molecule has 2 N–H and O–H groups in total. The van der Waals surface area contributed by atoms with Crippen molar-refractivity contribution in [3.63, 3.8) is 0 Å². The highest BCUT2D eigenvalue weighted by molar-refractivity contribution is 5.94. The molecule has 0 bridgehead atoms. The predicted molar refractivity (Wildman–Crippen MR) is 88.9 cm³/mol. The molecule has 4 rings (SSSR count). The highest BCUT2D eigenvalue weighted by Gasteiger charge is 2.55. The van der Waals surface area contributed by atoms with E-state index in [1.807, 2.05) is 26.2 Å². The van der Waals surface area contributed by atoms with E-state index in [9.17, 15) is 9.59 Å². The summed E-state index contributed by atoms with van der Waals surface area (Å²) in [7, 11) is 3.95. The van der Waals surface area contributed by atoms with Gasteiger partial charge in [0, 0.05) is 12.5 Å². The summed E-state index contributed by atoms with van der Waals surface area (Å²) in [6, 6.07) is 7.28. The zero-order valence-corrected chi connectivity index (χ0v) is 13.7. The molecule has 2 fully saturated rings. The van der Waals surface area contributed by atoms with Crippen LogP contribution in [0.25, 0.3) is 11.0 Å². The number of aromatic amines is 1. The molecule has 1 aliphatic carbocycles. The van der Waals surface area contributed by atoms with Gasteiger partial charge < -0.3 is 19.9 Å². The number of nitrogens with one attached hydrogen (secondary N) is 2. The van der Waals surface area contributed by atoms with Gasteiger partial charge in [-0.05, 0) is 32.6 Å². The summed E-state index contributed by atoms with van der Waals surface area (Å²) < 4.78 is 5.75. The van der Waals surface area contributed by atoms with Gasteiger partial charge in [-0.1, -0.05) is 12.1 Å². The number of benzene rings is 1. The number of H-pyrrole nitrogens is 1. The number of carbonyl (C=O) groups is 1. The van der Waals surface area contributed by atoms with Crippen LogP contribution in [-0.4, -0.2) is 59.7 Å². The van der Waals surface area contributed by atoms with Gasteiger partial charge in [0.1, 0.15) is 0 Å². The molecule has 126 valence electrons. The number of hydrogen-bond acceptors (Lipinski definition) is 5. The van der Waals surface area contributed by atoms with Gasteiger partial charge in [0.25, 0.3) is 11.5 Å². The Morgan fingerprint density at radius 2 is 2.17 bits per heavy atom. The summed E-state index contributed by atoms with van der Waals surface area (Å²) in [5.41, 5.74) is 0.667. The molecule has 7 nitrogen and oxygen atoms in total. The third kappa shape index (κ3) is 2.32. The van der Waals surface area contributed by atoms with Gasteiger partial charge >= 0.3 is 0 Å². The van der Waals surface area contributed by atoms with E-state index in [-0.39, 0.29) is 23.9 Å². The Morgan fingerprint density at radius 3 is 2.96 bits per heavy atom. The highest BCUT2D eigenvalue weighted by atomic mass is 16.5. The monoisotopic (exact) mass is 328 g/mol. The Bertz CT molecular complexity index is 847. The number of amides is 1. The average molecular weight is 328 g/mol. The van der Waals surface area contributed by atoms with E-state index >= 15 is 0 Å². The first-order valence-corrected chi connectivity index (χ1v) is 8.14. The standard InChI is InChI=1S/C17H20N4O3/c1-21(2)14-12(9-7-8-24-15(9)14)20-17(23)13-16(22)19-11-6-4-3-5-10(11)18-13/h3-6,9,12,14-15H,7-8H2,1-2H3,(H,19,22)(H,20,23)/t9-,12+,14-,15-/m1/s1. The van der Waals surface area contributed by atoms with E-state index < -0.39 is 11.5 Å². The Balaban J connectivity index is 1.60. The number of likely N-dealkylation sites (N-methyl/N-ethyl adjacent to an activating group) is 1. The molecular weight excluding hydrogens is 308 g/mol. The number of aromatic nitrogens is 2. The Hall–Kier alpha value is -2.25. The zero-order valence-electron chi connectivity index (χ0n) is 13.7. The Labute approximate surface area is 139 Å². The second kappa shape index (κ2) is 5.68. The van der Waals surface area contributed by atoms with Crippen molar-refractivity contribution in [3.05, 3.63) is 40.3 Å². The number of para-hydroxylation sites is 2. The maximum absolute atomic E-state index is 12.6. The number of ether oxygens (including phenoxy) is 1. The van der Waals surface area contributed by atoms with Crippen LogP contribution in [0.3, 0.4) is 0 Å². The summed E-state index contributed by atoms with van der Waals surface area (Å²) in [6.45, 7) is 0.723. The van der Waals surface area contributed by atoms with Gasteiger partial charge in [0.15, 0.2) is 5.69 Å². The molecule has 2 aromatic rings. The lowest BCUT2D eigenvalue weighted by atomic mass is 9.71. The number of hydrogen-bond donors (Lipinski definition) is 2. The minimum absolute atomic E-state index is 0.0207. The Kier molecular flexibility index (Phi) is 3.62. The third-order valence-corrected chi connectivity index (χ3v) is 5.06. The van der Waals surface area contributed by atoms with Gasteiger partial charge in [-0.2, -0.15) is 0 Å². The van der Waals surface area contributed by atoms with Crippen molar-refractivity contribution in [1.82, 2.24) is 20.2 Å². The van der Waals surface area contributed by atoms with E-state index in [2.05, 4.69) is 20.2 Å². The van der Waals surface area contributed by atoms with Crippen LogP contribution in [0, 0.1) is 5.92 Å². The van der Waals surface area contributed by atoms with E-state index in [0.29, 0.717) is 17.0 Å². The van der Waals surface area contributed by atoms with E-state index in [4.69, 9.17) is 4.74 Å². The van der Waals surface area contributed by atoms with E-state index in [1.165, 1.54) is 0 Å². The van der Waals surface area contributed by atoms with Gasteiger partial charge in [0.05, 0.1) is 29.2 Å². The topological polar surface area (TPSA) is 87.3 Å². The SMILES string of the molecule is CN(C)[C@@H]1[C@@H](NC(=O)c2nc3ccccc3[nH]c2=O)[C@H]2CCO[C@H]21. The van der Waals surface area contributed by atoms with Crippen LogP contribution < -0.4 is 10.9 Å². The summed E-state index contributed by atoms with van der Waals surface area (Å²) in [4.78, 5) is 33.8. The summed E-state index contributed by atoms with van der Waals surface area (Å²) >= 11 is 0. The highest BCUT2D eigenvalue weighted by Crippen LogP contribution is 2.41. The fraction of sp³-hybridized carbons (Fsp3) is 0.471. The molecule has 2 aliphatic rings. The van der Waals surface area contributed by atoms with Crippen LogP contribution in [0.15, 0.2) is 29.1 Å². The summed E-state index contributed by atoms with van der Waals surface area (Å²) in [5.74, 6) is -0.120. The molecule has 0 spiro atoms. The van der Waals surface area contributed by atoms with Crippen LogP contribution in [0.5, 0.6) is 0 Å². The minimum Gasteiger partial charge on any atom is -0.376 e. The van der Waals surface area contributed by atoms with Crippen LogP contribution in [-0.2, 0) is 4.74 Å². The predicted octanol–water partition coefficient (Wildman–Crippen LogP) is 0.370. The molecule has 4 atom stereocenters. The molecule has 1 amide bonds. The number of nitrogens with zero attached hydrogens (tertiary/aromatic N) is 2. The van der Waals surface area contributed by atoms with Crippen molar-refractivity contribution in [3.8, 4) is 0 Å². The first-order chi connectivity index (χ1) is 11.6. The van der Waals surface area contributed by atoms with Crippen LogP contribution >= 0.6 is 0 Å². The minimum atomic E-state index is -0.467. The van der Waals surface area contributed by atoms with E-state index in [1.54, 1.807) is 12.1 Å². The van der Waals surface area contributed by atoms with E-state index in [0.717, 1.165) is 13.0 Å². The van der Waals surface area contributed by atoms with Crippen molar-refractivity contribution in [2.75, 3.05) is 20.7 Å². The third-order valence-electron chi connectivity index (χ3n) is 5.06. The van der Waals surface area contributed by atoms with Crippen LogP contribution in [0.2, 0.25) is 0 Å². The van der Waals surface area contributed by atoms with Gasteiger partial charge in [0.2, 0.25) is 0 Å². The molecule has 2 heterocycles. The molecule has 1 saturated heterocycles. The molecule has 1 saturated carbocycles. The molecule has 1 aliphatic heterocycles. The lowest BCUT2D eigenvalue weighted by Crippen LogP contribution is -2.69. The average Bonchev–Trinajstić information content (AvgIpc) is 2.94. The summed E-state index contributed by atoms with van der Waals surface area (Å²) in [6.07, 6.45) is 1.09. The molecule has 1 aromatic carbocycles. The first kappa shape index (κ1) is 15.3. The van der Waals surface area contributed by atoms with Crippen molar-refractivity contribution in [2.24, 2.45) is 5.92 Å². The lowest BCUT2D eigenvalue weighted by Gasteiger charge is -2.50. The Morgan fingerprint density at radius 1 is 1.38 bits per heavy atom. The normalized spacial score (nSPS) is 28.6.